The van der Waals surface area contributed by atoms with Crippen LogP contribution in [0.4, 0.5) is 5.69 Å². The van der Waals surface area contributed by atoms with Crippen molar-refractivity contribution in [3.8, 4) is 0 Å². The summed E-state index contributed by atoms with van der Waals surface area (Å²) in [5.41, 5.74) is 1.26. The Morgan fingerprint density at radius 3 is 2.46 bits per heavy atom. The molecule has 1 amide bonds. The maximum atomic E-state index is 12.1. The summed E-state index contributed by atoms with van der Waals surface area (Å²) in [6.07, 6.45) is 3.93. The van der Waals surface area contributed by atoms with Crippen LogP contribution in [0.1, 0.15) is 12.5 Å². The Bertz CT molecular complexity index is 822. The number of carbonyl (C=O) groups excluding carboxylic acids is 2. The lowest BCUT2D eigenvalue weighted by atomic mass is 10.2. The van der Waals surface area contributed by atoms with Crippen molar-refractivity contribution < 1.29 is 14.3 Å². The Kier molecular flexibility index (Phi) is 7.57. The molecule has 26 heavy (non-hydrogen) atoms. The van der Waals surface area contributed by atoms with Crippen LogP contribution in [-0.4, -0.2) is 24.2 Å². The molecule has 2 rings (SSSR count). The van der Waals surface area contributed by atoms with Gasteiger partial charge in [-0.2, -0.15) is 0 Å². The second kappa shape index (κ2) is 9.67. The number of rotatable bonds is 6. The van der Waals surface area contributed by atoms with Crippen LogP contribution >= 0.6 is 35.0 Å². The highest BCUT2D eigenvalue weighted by Gasteiger charge is 2.17. The smallest absolute Gasteiger partial charge is 0.331 e. The van der Waals surface area contributed by atoms with E-state index in [9.17, 15) is 9.59 Å². The first-order valence-electron chi connectivity index (χ1n) is 7.67. The van der Waals surface area contributed by atoms with Crippen molar-refractivity contribution in [3.05, 3.63) is 64.1 Å². The Morgan fingerprint density at radius 1 is 1.15 bits per heavy atom. The number of amides is 1. The van der Waals surface area contributed by atoms with Gasteiger partial charge in [0.25, 0.3) is 5.91 Å². The summed E-state index contributed by atoms with van der Waals surface area (Å²) in [4.78, 5) is 25.1. The third kappa shape index (κ3) is 6.09. The number of thioether (sulfide) groups is 1. The minimum Gasteiger partial charge on any atom is -0.449 e. The van der Waals surface area contributed by atoms with Crippen molar-refractivity contribution in [3.63, 3.8) is 0 Å². The molecule has 0 bridgehead atoms. The first-order valence-corrected chi connectivity index (χ1v) is 9.66. The van der Waals surface area contributed by atoms with Crippen LogP contribution in [0.25, 0.3) is 6.08 Å². The van der Waals surface area contributed by atoms with Crippen LogP contribution in [0.15, 0.2) is 53.4 Å². The van der Waals surface area contributed by atoms with Crippen molar-refractivity contribution >= 4 is 58.6 Å². The monoisotopic (exact) mass is 409 g/mol. The minimum absolute atomic E-state index is 0.304. The minimum atomic E-state index is -0.974. The zero-order chi connectivity index (χ0) is 19.1. The van der Waals surface area contributed by atoms with Gasteiger partial charge in [0.2, 0.25) is 0 Å². The molecule has 1 atom stereocenters. The Morgan fingerprint density at radius 2 is 1.85 bits per heavy atom. The van der Waals surface area contributed by atoms with E-state index in [2.05, 4.69) is 5.32 Å². The van der Waals surface area contributed by atoms with Crippen molar-refractivity contribution in [2.75, 3.05) is 11.6 Å². The van der Waals surface area contributed by atoms with Gasteiger partial charge in [-0.25, -0.2) is 4.79 Å². The Balaban J connectivity index is 1.90. The van der Waals surface area contributed by atoms with Crippen LogP contribution in [0, 0.1) is 0 Å². The number of esters is 1. The maximum absolute atomic E-state index is 12.1. The van der Waals surface area contributed by atoms with Gasteiger partial charge in [-0.3, -0.25) is 4.79 Å². The molecule has 0 aromatic heterocycles. The molecule has 0 radical (unpaired) electrons. The van der Waals surface area contributed by atoms with Gasteiger partial charge in [0.15, 0.2) is 6.10 Å². The van der Waals surface area contributed by atoms with Gasteiger partial charge in [-0.05, 0) is 55.2 Å². The van der Waals surface area contributed by atoms with E-state index in [1.807, 2.05) is 30.5 Å². The van der Waals surface area contributed by atoms with E-state index in [0.29, 0.717) is 15.7 Å². The molecule has 0 aliphatic heterocycles. The first-order chi connectivity index (χ1) is 12.4. The van der Waals surface area contributed by atoms with Gasteiger partial charge in [0.05, 0.1) is 10.7 Å². The first kappa shape index (κ1) is 20.4. The molecular formula is C19H17Cl2NO3S. The summed E-state index contributed by atoms with van der Waals surface area (Å²) in [6, 6.07) is 12.4. The molecule has 0 heterocycles. The van der Waals surface area contributed by atoms with Gasteiger partial charge in [0.1, 0.15) is 0 Å². The lowest BCUT2D eigenvalue weighted by molar-refractivity contribution is -0.148. The Labute approximate surface area is 166 Å². The van der Waals surface area contributed by atoms with E-state index in [1.54, 1.807) is 30.0 Å². The van der Waals surface area contributed by atoms with E-state index in [-0.39, 0.29) is 0 Å². The lowest BCUT2D eigenvalue weighted by Gasteiger charge is -2.13. The summed E-state index contributed by atoms with van der Waals surface area (Å²) >= 11 is 13.5. The second-order valence-corrected chi connectivity index (χ2v) is 7.02. The van der Waals surface area contributed by atoms with Crippen LogP contribution in [-0.2, 0) is 14.3 Å². The van der Waals surface area contributed by atoms with E-state index in [1.165, 1.54) is 19.1 Å². The quantitative estimate of drug-likeness (QED) is 0.399. The number of halogens is 2. The number of benzene rings is 2. The fourth-order valence-corrected chi connectivity index (χ4v) is 2.84. The number of anilines is 1. The Hall–Kier alpha value is -1.95. The highest BCUT2D eigenvalue weighted by Crippen LogP contribution is 2.25. The average molecular weight is 410 g/mol. The zero-order valence-electron chi connectivity index (χ0n) is 14.2. The van der Waals surface area contributed by atoms with Crippen LogP contribution in [0.3, 0.4) is 0 Å². The second-order valence-electron chi connectivity index (χ2n) is 5.30. The van der Waals surface area contributed by atoms with Crippen molar-refractivity contribution in [1.82, 2.24) is 0 Å². The molecule has 0 aliphatic carbocycles. The van der Waals surface area contributed by atoms with Crippen LogP contribution in [0.2, 0.25) is 10.0 Å². The number of ether oxygens (including phenoxy) is 1. The summed E-state index contributed by atoms with van der Waals surface area (Å²) < 4.78 is 5.10. The molecular weight excluding hydrogens is 393 g/mol. The van der Waals surface area contributed by atoms with E-state index >= 15 is 0 Å². The normalized spacial score (nSPS) is 12.0. The molecule has 0 fully saturated rings. The molecule has 0 aliphatic rings. The number of hydrogen-bond acceptors (Lipinski definition) is 4. The predicted molar refractivity (Wildman–Crippen MR) is 108 cm³/mol. The molecule has 136 valence electrons. The van der Waals surface area contributed by atoms with Gasteiger partial charge < -0.3 is 10.1 Å². The molecule has 7 heteroatoms. The van der Waals surface area contributed by atoms with Crippen LogP contribution < -0.4 is 5.32 Å². The number of hydrogen-bond donors (Lipinski definition) is 1. The summed E-state index contributed by atoms with van der Waals surface area (Å²) in [5, 5.41) is 3.36. The van der Waals surface area contributed by atoms with Gasteiger partial charge in [-0.15, -0.1) is 11.8 Å². The van der Waals surface area contributed by atoms with Crippen molar-refractivity contribution in [2.24, 2.45) is 0 Å². The highest BCUT2D eigenvalue weighted by molar-refractivity contribution is 7.98. The standard InChI is InChI=1S/C19H17Cl2NO3S/c1-12(19(24)22-17-9-6-14(20)11-16(17)21)25-18(23)10-5-13-3-7-15(26-2)8-4-13/h3-12H,1-2H3,(H,22,24)/b10-5+/t12-/m1/s1. The highest BCUT2D eigenvalue weighted by atomic mass is 35.5. The molecule has 2 aromatic rings. The third-order valence-corrected chi connectivity index (χ3v) is 4.67. The van der Waals surface area contributed by atoms with Crippen molar-refractivity contribution in [1.29, 1.82) is 0 Å². The summed E-state index contributed by atoms with van der Waals surface area (Å²) in [5.74, 6) is -1.09. The van der Waals surface area contributed by atoms with Gasteiger partial charge >= 0.3 is 5.97 Å². The fourth-order valence-electron chi connectivity index (χ4n) is 1.97. The molecule has 0 saturated carbocycles. The molecule has 4 nitrogen and oxygen atoms in total. The van der Waals surface area contributed by atoms with Gasteiger partial charge in [0, 0.05) is 16.0 Å². The SMILES string of the molecule is CSc1ccc(/C=C/C(=O)O[C@H](C)C(=O)Nc2ccc(Cl)cc2Cl)cc1. The molecule has 1 N–H and O–H groups in total. The summed E-state index contributed by atoms with van der Waals surface area (Å²) in [6.45, 7) is 1.48. The zero-order valence-corrected chi connectivity index (χ0v) is 16.5. The molecule has 0 unspecified atom stereocenters. The lowest BCUT2D eigenvalue weighted by Crippen LogP contribution is -2.29. The van der Waals surface area contributed by atoms with Gasteiger partial charge in [-0.1, -0.05) is 35.3 Å². The number of nitrogens with one attached hydrogen (secondary N) is 1. The summed E-state index contributed by atoms with van der Waals surface area (Å²) in [7, 11) is 0. The number of carbonyl (C=O) groups is 2. The molecule has 0 spiro atoms. The predicted octanol–water partition coefficient (Wildman–Crippen LogP) is 5.30. The van der Waals surface area contributed by atoms with E-state index in [0.717, 1.165) is 10.5 Å². The third-order valence-electron chi connectivity index (χ3n) is 3.38. The molecule has 2 aromatic carbocycles. The van der Waals surface area contributed by atoms with E-state index < -0.39 is 18.0 Å². The molecule has 0 saturated heterocycles. The van der Waals surface area contributed by atoms with Crippen molar-refractivity contribution in [2.45, 2.75) is 17.9 Å². The van der Waals surface area contributed by atoms with E-state index in [4.69, 9.17) is 27.9 Å². The average Bonchev–Trinajstić information content (AvgIpc) is 2.62. The fraction of sp³-hybridized carbons (Fsp3) is 0.158. The largest absolute Gasteiger partial charge is 0.449 e. The maximum Gasteiger partial charge on any atom is 0.331 e. The topological polar surface area (TPSA) is 55.4 Å². The van der Waals surface area contributed by atoms with Crippen LogP contribution in [0.5, 0.6) is 0 Å².